The zero-order chi connectivity index (χ0) is 20.0. The number of methoxy groups -OCH3 is 1. The second-order valence-electron chi connectivity index (χ2n) is 9.43. The van der Waals surface area contributed by atoms with Gasteiger partial charge in [0.1, 0.15) is 5.75 Å². The quantitative estimate of drug-likeness (QED) is 0.821. The maximum Gasteiger partial charge on any atom is 0.251 e. The van der Waals surface area contributed by atoms with Gasteiger partial charge in [-0.1, -0.05) is 0 Å². The first-order valence-corrected chi connectivity index (χ1v) is 11.1. The first kappa shape index (κ1) is 19.3. The third kappa shape index (κ3) is 3.45. The minimum atomic E-state index is -0.00496. The number of likely N-dealkylation sites (tertiary alicyclic amines) is 2. The normalized spacial score (nSPS) is 35.0. The van der Waals surface area contributed by atoms with Crippen molar-refractivity contribution in [2.45, 2.75) is 43.4 Å². The first-order valence-electron chi connectivity index (χ1n) is 11.1. The number of nitrogens with zero attached hydrogens (tertiary/aromatic N) is 2. The summed E-state index contributed by atoms with van der Waals surface area (Å²) in [7, 11) is 3.86. The molecule has 0 radical (unpaired) electrons. The minimum absolute atomic E-state index is 0.00496. The van der Waals surface area contributed by atoms with Gasteiger partial charge in [-0.2, -0.15) is 0 Å². The Morgan fingerprint density at radius 3 is 2.72 bits per heavy atom. The fourth-order valence-corrected chi connectivity index (χ4v) is 6.19. The van der Waals surface area contributed by atoms with Crippen LogP contribution in [0.15, 0.2) is 24.3 Å². The van der Waals surface area contributed by atoms with Gasteiger partial charge in [0.25, 0.3) is 5.91 Å². The molecule has 4 atom stereocenters. The van der Waals surface area contributed by atoms with E-state index in [1.165, 1.54) is 32.4 Å². The Bertz CT molecular complexity index is 746. The zero-order valence-electron chi connectivity index (χ0n) is 17.6. The molecule has 6 heteroatoms. The molecule has 4 aliphatic heterocycles. The third-order valence-electron chi connectivity index (χ3n) is 7.87. The fourth-order valence-electron chi connectivity index (χ4n) is 6.19. The average Bonchev–Trinajstić information content (AvgIpc) is 3.41. The van der Waals surface area contributed by atoms with Crippen molar-refractivity contribution in [2.75, 3.05) is 46.9 Å². The molecular formula is C23H33N3O3. The number of benzene rings is 1. The molecule has 4 fully saturated rings. The van der Waals surface area contributed by atoms with Crippen LogP contribution in [0.2, 0.25) is 0 Å². The highest BCUT2D eigenvalue weighted by atomic mass is 16.5. The summed E-state index contributed by atoms with van der Waals surface area (Å²) in [5.41, 5.74) is 0.729. The number of fused-ring (bicyclic) bond motifs is 1. The lowest BCUT2D eigenvalue weighted by molar-refractivity contribution is -0.00416. The number of piperidine rings is 1. The molecule has 1 spiro atoms. The van der Waals surface area contributed by atoms with E-state index in [2.05, 4.69) is 22.2 Å². The SMILES string of the molecule is COc1ccc(C(=O)NC[C@H]2[C@H]3CN(C4CCN(C)CC4)C[C@]34CC[C@H]2O4)cc1. The summed E-state index contributed by atoms with van der Waals surface area (Å²) in [4.78, 5) is 17.8. The summed E-state index contributed by atoms with van der Waals surface area (Å²) in [6, 6.07) is 8.01. The maximum absolute atomic E-state index is 12.6. The molecule has 1 aromatic rings. The van der Waals surface area contributed by atoms with Crippen LogP contribution < -0.4 is 10.1 Å². The number of hydrogen-bond acceptors (Lipinski definition) is 5. The van der Waals surface area contributed by atoms with E-state index in [1.807, 2.05) is 24.3 Å². The van der Waals surface area contributed by atoms with Crippen LogP contribution in [-0.2, 0) is 4.74 Å². The number of nitrogens with one attached hydrogen (secondary N) is 1. The van der Waals surface area contributed by atoms with E-state index in [0.29, 0.717) is 36.1 Å². The molecule has 4 saturated heterocycles. The van der Waals surface area contributed by atoms with Gasteiger partial charge in [-0.05, 0) is 70.1 Å². The zero-order valence-corrected chi connectivity index (χ0v) is 17.6. The average molecular weight is 400 g/mol. The molecule has 6 nitrogen and oxygen atoms in total. The van der Waals surface area contributed by atoms with Crippen molar-refractivity contribution in [3.05, 3.63) is 29.8 Å². The third-order valence-corrected chi connectivity index (χ3v) is 7.87. The summed E-state index contributed by atoms with van der Waals surface area (Å²) >= 11 is 0. The number of rotatable bonds is 5. The highest BCUT2D eigenvalue weighted by molar-refractivity contribution is 5.94. The van der Waals surface area contributed by atoms with Gasteiger partial charge in [-0.3, -0.25) is 9.69 Å². The molecule has 0 aromatic heterocycles. The van der Waals surface area contributed by atoms with Crippen molar-refractivity contribution < 1.29 is 14.3 Å². The van der Waals surface area contributed by atoms with Crippen LogP contribution in [0, 0.1) is 11.8 Å². The van der Waals surface area contributed by atoms with Crippen LogP contribution in [-0.4, -0.2) is 80.3 Å². The monoisotopic (exact) mass is 399 g/mol. The number of ether oxygens (including phenoxy) is 2. The lowest BCUT2D eigenvalue weighted by atomic mass is 9.73. The van der Waals surface area contributed by atoms with E-state index in [1.54, 1.807) is 7.11 Å². The summed E-state index contributed by atoms with van der Waals surface area (Å²) in [5, 5.41) is 3.19. The Hall–Kier alpha value is -1.63. The smallest absolute Gasteiger partial charge is 0.251 e. The molecule has 4 heterocycles. The van der Waals surface area contributed by atoms with E-state index in [9.17, 15) is 4.79 Å². The molecule has 5 rings (SSSR count). The molecule has 29 heavy (non-hydrogen) atoms. The number of carbonyl (C=O) groups is 1. The van der Waals surface area contributed by atoms with Gasteiger partial charge in [0.05, 0.1) is 18.8 Å². The molecule has 0 saturated carbocycles. The van der Waals surface area contributed by atoms with Crippen molar-refractivity contribution in [3.63, 3.8) is 0 Å². The predicted octanol–water partition coefficient (Wildman–Crippen LogP) is 2.00. The van der Waals surface area contributed by atoms with E-state index in [-0.39, 0.29) is 11.5 Å². The Labute approximate surface area is 173 Å². The van der Waals surface area contributed by atoms with Crippen LogP contribution in [0.4, 0.5) is 0 Å². The predicted molar refractivity (Wildman–Crippen MR) is 111 cm³/mol. The standard InChI is InChI=1S/C23H33N3O3/c1-25-11-8-17(9-12-25)26-14-20-19(21-7-10-23(20,15-26)29-21)13-24-22(27)16-3-5-18(28-2)6-4-16/h3-6,17,19-21H,7-15H2,1-2H3,(H,24,27)/t19-,20+,21+,23+/m0/s1. The Morgan fingerprint density at radius 2 is 2.00 bits per heavy atom. The molecular weight excluding hydrogens is 366 g/mol. The largest absolute Gasteiger partial charge is 0.497 e. The molecule has 1 amide bonds. The second-order valence-corrected chi connectivity index (χ2v) is 9.43. The minimum Gasteiger partial charge on any atom is -0.497 e. The van der Waals surface area contributed by atoms with Crippen LogP contribution in [0.5, 0.6) is 5.75 Å². The van der Waals surface area contributed by atoms with Crippen LogP contribution in [0.3, 0.4) is 0 Å². The fraction of sp³-hybridized carbons (Fsp3) is 0.696. The lowest BCUT2D eigenvalue weighted by Gasteiger charge is -2.36. The van der Waals surface area contributed by atoms with E-state index in [4.69, 9.17) is 9.47 Å². The highest BCUT2D eigenvalue weighted by Gasteiger charge is 2.63. The van der Waals surface area contributed by atoms with E-state index in [0.717, 1.165) is 25.3 Å². The molecule has 2 bridgehead atoms. The van der Waals surface area contributed by atoms with Crippen LogP contribution >= 0.6 is 0 Å². The van der Waals surface area contributed by atoms with Gasteiger partial charge in [0.2, 0.25) is 0 Å². The summed E-state index contributed by atoms with van der Waals surface area (Å²) in [6.45, 7) is 5.33. The first-order chi connectivity index (χ1) is 14.1. The number of carbonyl (C=O) groups excluding carboxylic acids is 1. The van der Waals surface area contributed by atoms with Gasteiger partial charge in [-0.25, -0.2) is 0 Å². The molecule has 4 aliphatic rings. The number of hydrogen-bond donors (Lipinski definition) is 1. The van der Waals surface area contributed by atoms with Gasteiger partial charge in [0, 0.05) is 43.1 Å². The van der Waals surface area contributed by atoms with E-state index >= 15 is 0 Å². The van der Waals surface area contributed by atoms with E-state index < -0.39 is 0 Å². The van der Waals surface area contributed by atoms with Gasteiger partial charge in [0.15, 0.2) is 0 Å². The van der Waals surface area contributed by atoms with Gasteiger partial charge >= 0.3 is 0 Å². The summed E-state index contributed by atoms with van der Waals surface area (Å²) in [5.74, 6) is 1.75. The Kier molecular flexibility index (Phi) is 5.04. The second kappa shape index (κ2) is 7.56. The van der Waals surface area contributed by atoms with Crippen molar-refractivity contribution >= 4 is 5.91 Å². The Balaban J connectivity index is 1.22. The molecule has 0 unspecified atom stereocenters. The van der Waals surface area contributed by atoms with Crippen LogP contribution in [0.25, 0.3) is 0 Å². The highest BCUT2D eigenvalue weighted by Crippen LogP contribution is 2.55. The topological polar surface area (TPSA) is 54.0 Å². The van der Waals surface area contributed by atoms with Crippen molar-refractivity contribution in [1.82, 2.24) is 15.1 Å². The van der Waals surface area contributed by atoms with Gasteiger partial charge in [-0.15, -0.1) is 0 Å². The molecule has 158 valence electrons. The molecule has 0 aliphatic carbocycles. The van der Waals surface area contributed by atoms with Crippen LogP contribution in [0.1, 0.15) is 36.0 Å². The lowest BCUT2D eigenvalue weighted by Crippen LogP contribution is -2.44. The van der Waals surface area contributed by atoms with Crippen molar-refractivity contribution in [2.24, 2.45) is 11.8 Å². The summed E-state index contributed by atoms with van der Waals surface area (Å²) < 4.78 is 11.8. The molecule has 1 aromatic carbocycles. The molecule has 1 N–H and O–H groups in total. The van der Waals surface area contributed by atoms with Crippen molar-refractivity contribution in [1.29, 1.82) is 0 Å². The summed E-state index contributed by atoms with van der Waals surface area (Å²) in [6.07, 6.45) is 5.18. The Morgan fingerprint density at radius 1 is 1.24 bits per heavy atom. The van der Waals surface area contributed by atoms with Crippen molar-refractivity contribution in [3.8, 4) is 5.75 Å². The number of amides is 1. The van der Waals surface area contributed by atoms with Gasteiger partial charge < -0.3 is 19.7 Å². The maximum atomic E-state index is 12.6.